The monoisotopic (exact) mass is 303 g/mol. The minimum atomic E-state index is -0.0272. The number of allylic oxidation sites excluding steroid dienone is 1. The van der Waals surface area contributed by atoms with Crippen LogP contribution in [0.15, 0.2) is 36.4 Å². The number of hydrogen-bond acceptors (Lipinski definition) is 3. The number of nitrogens with zero attached hydrogens (tertiary/aromatic N) is 1. The molecule has 0 aliphatic carbocycles. The van der Waals surface area contributed by atoms with Crippen LogP contribution in [0.3, 0.4) is 0 Å². The van der Waals surface area contributed by atoms with Crippen LogP contribution in [-0.2, 0) is 5.41 Å². The summed E-state index contributed by atoms with van der Waals surface area (Å²) in [5.74, 6) is 0.944. The molecule has 0 aromatic heterocycles. The highest BCUT2D eigenvalue weighted by Crippen LogP contribution is 2.36. The van der Waals surface area contributed by atoms with Crippen LogP contribution in [0.25, 0.3) is 0 Å². The van der Waals surface area contributed by atoms with E-state index < -0.39 is 0 Å². The Labute approximate surface area is 134 Å². The maximum absolute atomic E-state index is 9.59. The van der Waals surface area contributed by atoms with Crippen molar-refractivity contribution in [3.63, 3.8) is 0 Å². The van der Waals surface area contributed by atoms with Gasteiger partial charge in [-0.05, 0) is 44.0 Å². The minimum absolute atomic E-state index is 0.0272. The Morgan fingerprint density at radius 1 is 1.32 bits per heavy atom. The first kappa shape index (κ1) is 17.0. The first-order chi connectivity index (χ1) is 10.7. The molecule has 3 heteroatoms. The van der Waals surface area contributed by atoms with Gasteiger partial charge >= 0.3 is 0 Å². The highest BCUT2D eigenvalue weighted by molar-refractivity contribution is 5.35. The smallest absolute Gasteiger partial charge is 0.119 e. The fourth-order valence-electron chi connectivity index (χ4n) is 3.21. The van der Waals surface area contributed by atoms with Crippen molar-refractivity contribution in [2.45, 2.75) is 38.0 Å². The summed E-state index contributed by atoms with van der Waals surface area (Å²) in [4.78, 5) is 2.32. The van der Waals surface area contributed by atoms with Gasteiger partial charge in [0.25, 0.3) is 0 Å². The summed E-state index contributed by atoms with van der Waals surface area (Å²) in [7, 11) is 2.14. The van der Waals surface area contributed by atoms with E-state index >= 15 is 0 Å². The van der Waals surface area contributed by atoms with Gasteiger partial charge < -0.3 is 14.7 Å². The zero-order valence-corrected chi connectivity index (χ0v) is 13.9. The van der Waals surface area contributed by atoms with Gasteiger partial charge in [0.05, 0.1) is 6.61 Å². The Hall–Kier alpha value is -1.32. The summed E-state index contributed by atoms with van der Waals surface area (Å²) in [6.07, 6.45) is 8.45. The van der Waals surface area contributed by atoms with E-state index in [-0.39, 0.29) is 12.0 Å². The van der Waals surface area contributed by atoms with E-state index in [4.69, 9.17) is 4.74 Å². The molecule has 1 aromatic rings. The quantitative estimate of drug-likeness (QED) is 0.619. The van der Waals surface area contributed by atoms with Crippen LogP contribution < -0.4 is 4.74 Å². The molecule has 1 aromatic carbocycles. The van der Waals surface area contributed by atoms with Gasteiger partial charge in [-0.1, -0.05) is 37.6 Å². The van der Waals surface area contributed by atoms with Gasteiger partial charge in [0, 0.05) is 25.1 Å². The number of likely N-dealkylation sites (N-methyl/N-ethyl adjacent to an activating group) is 1. The Morgan fingerprint density at radius 2 is 2.18 bits per heavy atom. The number of hydrogen-bond donors (Lipinski definition) is 1. The Balaban J connectivity index is 2.23. The van der Waals surface area contributed by atoms with Gasteiger partial charge in [-0.2, -0.15) is 0 Å². The molecule has 3 nitrogen and oxygen atoms in total. The van der Waals surface area contributed by atoms with Crippen LogP contribution in [0.2, 0.25) is 0 Å². The molecular formula is C19H29NO2. The Kier molecular flexibility index (Phi) is 6.47. The molecule has 1 unspecified atom stereocenters. The lowest BCUT2D eigenvalue weighted by Crippen LogP contribution is -2.38. The van der Waals surface area contributed by atoms with Crippen molar-refractivity contribution in [2.75, 3.05) is 33.4 Å². The lowest BCUT2D eigenvalue weighted by molar-refractivity contribution is 0.198. The topological polar surface area (TPSA) is 32.7 Å². The largest absolute Gasteiger partial charge is 0.494 e. The van der Waals surface area contributed by atoms with Gasteiger partial charge in [0.2, 0.25) is 0 Å². The highest BCUT2D eigenvalue weighted by Gasteiger charge is 2.33. The number of rotatable bonds is 7. The molecule has 22 heavy (non-hydrogen) atoms. The second-order valence-corrected chi connectivity index (χ2v) is 6.36. The summed E-state index contributed by atoms with van der Waals surface area (Å²) in [6.45, 7) is 5.08. The molecule has 0 saturated heterocycles. The average Bonchev–Trinajstić information content (AvgIpc) is 2.71. The van der Waals surface area contributed by atoms with Crippen molar-refractivity contribution in [1.82, 2.24) is 4.90 Å². The Bertz CT molecular complexity index is 486. The molecule has 2 rings (SSSR count). The summed E-state index contributed by atoms with van der Waals surface area (Å²) in [5.41, 5.74) is 1.25. The van der Waals surface area contributed by atoms with E-state index in [0.29, 0.717) is 0 Å². The van der Waals surface area contributed by atoms with Crippen molar-refractivity contribution in [2.24, 2.45) is 0 Å². The van der Waals surface area contributed by atoms with E-state index in [0.717, 1.165) is 51.1 Å². The first-order valence-corrected chi connectivity index (χ1v) is 8.38. The number of benzene rings is 1. The molecule has 1 heterocycles. The third-order valence-corrected chi connectivity index (χ3v) is 4.47. The molecule has 0 saturated carbocycles. The normalized spacial score (nSPS) is 22.5. The molecule has 0 radical (unpaired) electrons. The van der Waals surface area contributed by atoms with Crippen LogP contribution in [0.1, 0.15) is 38.2 Å². The minimum Gasteiger partial charge on any atom is -0.494 e. The molecule has 0 amide bonds. The van der Waals surface area contributed by atoms with E-state index in [1.165, 1.54) is 5.56 Å². The predicted octanol–water partition coefficient (Wildman–Crippen LogP) is 3.38. The van der Waals surface area contributed by atoms with E-state index in [2.05, 4.69) is 49.2 Å². The summed E-state index contributed by atoms with van der Waals surface area (Å²) in [6, 6.07) is 8.44. The van der Waals surface area contributed by atoms with Crippen molar-refractivity contribution >= 4 is 0 Å². The second-order valence-electron chi connectivity index (χ2n) is 6.36. The zero-order valence-electron chi connectivity index (χ0n) is 13.9. The molecule has 1 aliphatic heterocycles. The van der Waals surface area contributed by atoms with E-state index in [9.17, 15) is 5.11 Å². The number of unbranched alkanes of at least 4 members (excludes halogenated alkanes) is 1. The summed E-state index contributed by atoms with van der Waals surface area (Å²) >= 11 is 0. The Morgan fingerprint density at radius 3 is 2.95 bits per heavy atom. The van der Waals surface area contributed by atoms with Gasteiger partial charge in [-0.3, -0.25) is 0 Å². The SMILES string of the molecule is CCCCOc1cccc(C2(CCO)CC=CCN(C)C2)c1. The molecule has 1 aliphatic rings. The fraction of sp³-hybridized carbons (Fsp3) is 0.579. The van der Waals surface area contributed by atoms with Crippen molar-refractivity contribution in [1.29, 1.82) is 0 Å². The number of aliphatic hydroxyl groups excluding tert-OH is 1. The zero-order chi connectivity index (χ0) is 15.8. The van der Waals surface area contributed by atoms with Gasteiger partial charge in [-0.25, -0.2) is 0 Å². The standard InChI is InChI=1S/C19H29NO2/c1-3-4-14-22-18-9-7-8-17(15-18)19(11-13-21)10-5-6-12-20(2)16-19/h5-9,15,21H,3-4,10-14,16H2,1-2H3. The molecule has 1 N–H and O–H groups in total. The summed E-state index contributed by atoms with van der Waals surface area (Å²) in [5, 5.41) is 9.59. The maximum Gasteiger partial charge on any atom is 0.119 e. The van der Waals surface area contributed by atoms with Crippen molar-refractivity contribution in [3.8, 4) is 5.75 Å². The second kappa shape index (κ2) is 8.35. The number of ether oxygens (including phenoxy) is 1. The van der Waals surface area contributed by atoms with Gasteiger partial charge in [-0.15, -0.1) is 0 Å². The van der Waals surface area contributed by atoms with E-state index in [1.54, 1.807) is 0 Å². The molecule has 0 bridgehead atoms. The number of aliphatic hydroxyl groups is 1. The van der Waals surface area contributed by atoms with Crippen LogP contribution in [0.4, 0.5) is 0 Å². The van der Waals surface area contributed by atoms with Crippen LogP contribution >= 0.6 is 0 Å². The third kappa shape index (κ3) is 4.34. The fourth-order valence-corrected chi connectivity index (χ4v) is 3.21. The van der Waals surface area contributed by atoms with Gasteiger partial charge in [0.15, 0.2) is 0 Å². The third-order valence-electron chi connectivity index (χ3n) is 4.47. The molecule has 122 valence electrons. The van der Waals surface area contributed by atoms with Crippen molar-refractivity contribution < 1.29 is 9.84 Å². The van der Waals surface area contributed by atoms with Gasteiger partial charge in [0.1, 0.15) is 5.75 Å². The lowest BCUT2D eigenvalue weighted by Gasteiger charge is -2.35. The lowest BCUT2D eigenvalue weighted by atomic mass is 9.75. The molecule has 1 atom stereocenters. The van der Waals surface area contributed by atoms with Crippen LogP contribution in [0, 0.1) is 0 Å². The van der Waals surface area contributed by atoms with Crippen LogP contribution in [0.5, 0.6) is 5.75 Å². The van der Waals surface area contributed by atoms with Crippen molar-refractivity contribution in [3.05, 3.63) is 42.0 Å². The van der Waals surface area contributed by atoms with Crippen LogP contribution in [-0.4, -0.2) is 43.4 Å². The highest BCUT2D eigenvalue weighted by atomic mass is 16.5. The predicted molar refractivity (Wildman–Crippen MR) is 91.5 cm³/mol. The average molecular weight is 303 g/mol. The molecule has 0 fully saturated rings. The maximum atomic E-state index is 9.59. The summed E-state index contributed by atoms with van der Waals surface area (Å²) < 4.78 is 5.86. The van der Waals surface area contributed by atoms with E-state index in [1.807, 2.05) is 6.07 Å². The molecule has 0 spiro atoms. The first-order valence-electron chi connectivity index (χ1n) is 8.38. The molecular weight excluding hydrogens is 274 g/mol.